The third-order valence-corrected chi connectivity index (χ3v) is 3.08. The number of nitrogens with zero attached hydrogens (tertiary/aromatic N) is 3. The lowest BCUT2D eigenvalue weighted by atomic mass is 10.2. The van der Waals surface area contributed by atoms with Gasteiger partial charge < -0.3 is 9.64 Å². The fourth-order valence-electron chi connectivity index (χ4n) is 2.02. The van der Waals surface area contributed by atoms with Gasteiger partial charge in [0.1, 0.15) is 10.2 Å². The first-order chi connectivity index (χ1) is 8.26. The van der Waals surface area contributed by atoms with Crippen LogP contribution in [0.3, 0.4) is 0 Å². The molecule has 0 saturated carbocycles. The van der Waals surface area contributed by atoms with E-state index >= 15 is 0 Å². The Labute approximate surface area is 115 Å². The predicted molar refractivity (Wildman–Crippen MR) is 71.3 cm³/mol. The second-order valence-electron chi connectivity index (χ2n) is 5.61. The third-order valence-electron chi connectivity index (χ3n) is 2.69. The maximum absolute atomic E-state index is 12.0. The summed E-state index contributed by atoms with van der Waals surface area (Å²) in [5, 5.41) is 4.36. The molecule has 1 aromatic heterocycles. The molecule has 0 spiro atoms. The van der Waals surface area contributed by atoms with Crippen molar-refractivity contribution >= 4 is 22.0 Å². The fraction of sp³-hybridized carbons (Fsp3) is 0.667. The Hall–Kier alpha value is -1.04. The summed E-state index contributed by atoms with van der Waals surface area (Å²) in [6.45, 7) is 8.82. The molecule has 1 aromatic rings. The van der Waals surface area contributed by atoms with Gasteiger partial charge in [-0.3, -0.25) is 4.68 Å². The highest BCUT2D eigenvalue weighted by molar-refractivity contribution is 9.10. The molecule has 5 nitrogen and oxygen atoms in total. The van der Waals surface area contributed by atoms with Crippen molar-refractivity contribution in [2.24, 2.45) is 0 Å². The topological polar surface area (TPSA) is 47.4 Å². The van der Waals surface area contributed by atoms with E-state index < -0.39 is 5.60 Å². The second-order valence-corrected chi connectivity index (χ2v) is 6.43. The number of amides is 1. The van der Waals surface area contributed by atoms with Gasteiger partial charge in [0.2, 0.25) is 0 Å². The lowest BCUT2D eigenvalue weighted by Crippen LogP contribution is -2.43. The molecule has 6 heteroatoms. The number of aromatic nitrogens is 2. The first-order valence-corrected chi connectivity index (χ1v) is 6.77. The van der Waals surface area contributed by atoms with E-state index in [0.717, 1.165) is 10.3 Å². The Morgan fingerprint density at radius 2 is 2.22 bits per heavy atom. The summed E-state index contributed by atoms with van der Waals surface area (Å²) >= 11 is 3.36. The average molecular weight is 316 g/mol. The van der Waals surface area contributed by atoms with Gasteiger partial charge in [0.05, 0.1) is 18.3 Å². The number of hydrogen-bond acceptors (Lipinski definition) is 3. The number of hydrogen-bond donors (Lipinski definition) is 0. The van der Waals surface area contributed by atoms with Gasteiger partial charge in [-0.25, -0.2) is 4.79 Å². The van der Waals surface area contributed by atoms with E-state index in [2.05, 4.69) is 21.0 Å². The smallest absolute Gasteiger partial charge is 0.410 e. The minimum atomic E-state index is -0.460. The molecule has 2 rings (SSSR count). The summed E-state index contributed by atoms with van der Waals surface area (Å²) < 4.78 is 8.14. The molecule has 0 bridgehead atoms. The van der Waals surface area contributed by atoms with E-state index in [9.17, 15) is 4.79 Å². The fourth-order valence-corrected chi connectivity index (χ4v) is 2.46. The van der Waals surface area contributed by atoms with Crippen LogP contribution in [-0.4, -0.2) is 32.9 Å². The summed E-state index contributed by atoms with van der Waals surface area (Å²) in [5.41, 5.74) is 0.560. The first-order valence-electron chi connectivity index (χ1n) is 5.98. The van der Waals surface area contributed by atoms with E-state index in [1.54, 1.807) is 4.90 Å². The molecular formula is C12H18BrN3O2. The van der Waals surface area contributed by atoms with Gasteiger partial charge in [-0.1, -0.05) is 0 Å². The summed E-state index contributed by atoms with van der Waals surface area (Å²) in [6, 6.07) is 2.10. The third kappa shape index (κ3) is 2.85. The number of fused-ring (bicyclic) bond motifs is 1. The summed E-state index contributed by atoms with van der Waals surface area (Å²) in [7, 11) is 0. The van der Waals surface area contributed by atoms with Gasteiger partial charge in [0, 0.05) is 6.54 Å². The first kappa shape index (κ1) is 13.4. The summed E-state index contributed by atoms with van der Waals surface area (Å²) in [4.78, 5) is 13.8. The van der Waals surface area contributed by atoms with Crippen molar-refractivity contribution in [3.05, 3.63) is 16.4 Å². The zero-order valence-corrected chi connectivity index (χ0v) is 12.7. The Morgan fingerprint density at radius 1 is 1.56 bits per heavy atom. The van der Waals surface area contributed by atoms with Crippen LogP contribution in [-0.2, 0) is 11.3 Å². The van der Waals surface area contributed by atoms with Crippen LogP contribution in [0, 0.1) is 0 Å². The summed E-state index contributed by atoms with van der Waals surface area (Å²) in [6.07, 6.45) is -0.266. The second kappa shape index (κ2) is 4.57. The van der Waals surface area contributed by atoms with Gasteiger partial charge in [0.15, 0.2) is 0 Å². The van der Waals surface area contributed by atoms with Crippen LogP contribution in [0.1, 0.15) is 39.4 Å². The molecule has 100 valence electrons. The maximum Gasteiger partial charge on any atom is 0.410 e. The van der Waals surface area contributed by atoms with E-state index in [0.29, 0.717) is 13.1 Å². The Bertz CT molecular complexity index is 464. The SMILES string of the molecule is CC1CN(C(=O)OC(C)(C)C)Cc2cc(Br)nn21. The van der Waals surface area contributed by atoms with Crippen molar-refractivity contribution in [2.75, 3.05) is 6.54 Å². The predicted octanol–water partition coefficient (Wildman–Crippen LogP) is 2.96. The minimum absolute atomic E-state index is 0.160. The van der Waals surface area contributed by atoms with Gasteiger partial charge in [0.25, 0.3) is 0 Å². The van der Waals surface area contributed by atoms with Gasteiger partial charge in [-0.15, -0.1) is 0 Å². The molecule has 0 fully saturated rings. The van der Waals surface area contributed by atoms with Crippen molar-refractivity contribution in [3.63, 3.8) is 0 Å². The number of carbonyl (C=O) groups excluding carboxylic acids is 1. The lowest BCUT2D eigenvalue weighted by molar-refractivity contribution is 0.0166. The van der Waals surface area contributed by atoms with Crippen molar-refractivity contribution in [2.45, 2.75) is 45.9 Å². The summed E-state index contributed by atoms with van der Waals surface area (Å²) in [5.74, 6) is 0. The van der Waals surface area contributed by atoms with Crippen molar-refractivity contribution < 1.29 is 9.53 Å². The molecule has 0 N–H and O–H groups in total. The standard InChI is InChI=1S/C12H18BrN3O2/c1-8-6-15(11(17)18-12(2,3)4)7-9-5-10(13)14-16(8)9/h5,8H,6-7H2,1-4H3. The zero-order valence-electron chi connectivity index (χ0n) is 11.1. The molecule has 0 saturated heterocycles. The van der Waals surface area contributed by atoms with Crippen molar-refractivity contribution in [3.8, 4) is 0 Å². The molecule has 18 heavy (non-hydrogen) atoms. The van der Waals surface area contributed by atoms with Crippen LogP contribution < -0.4 is 0 Å². The normalized spacial score (nSPS) is 19.6. The van der Waals surface area contributed by atoms with Crippen molar-refractivity contribution in [1.29, 1.82) is 0 Å². The van der Waals surface area contributed by atoms with Gasteiger partial charge in [-0.2, -0.15) is 5.10 Å². The van der Waals surface area contributed by atoms with E-state index in [1.807, 2.05) is 38.4 Å². The largest absolute Gasteiger partial charge is 0.444 e. The molecule has 1 atom stereocenters. The van der Waals surface area contributed by atoms with Crippen LogP contribution in [0.2, 0.25) is 0 Å². The lowest BCUT2D eigenvalue weighted by Gasteiger charge is -2.33. The highest BCUT2D eigenvalue weighted by Crippen LogP contribution is 2.24. The Balaban J connectivity index is 2.13. The highest BCUT2D eigenvalue weighted by atomic mass is 79.9. The Morgan fingerprint density at radius 3 is 2.83 bits per heavy atom. The molecule has 0 aromatic carbocycles. The molecule has 1 amide bonds. The highest BCUT2D eigenvalue weighted by Gasteiger charge is 2.29. The van der Waals surface area contributed by atoms with Crippen LogP contribution >= 0.6 is 15.9 Å². The van der Waals surface area contributed by atoms with Crippen molar-refractivity contribution in [1.82, 2.24) is 14.7 Å². The average Bonchev–Trinajstić information content (AvgIpc) is 2.56. The molecule has 2 heterocycles. The van der Waals surface area contributed by atoms with Gasteiger partial charge in [-0.05, 0) is 49.7 Å². The molecular weight excluding hydrogens is 298 g/mol. The monoisotopic (exact) mass is 315 g/mol. The molecule has 1 aliphatic rings. The van der Waals surface area contributed by atoms with Crippen LogP contribution in [0.4, 0.5) is 4.79 Å². The number of carbonyl (C=O) groups is 1. The molecule has 0 aliphatic carbocycles. The van der Waals surface area contributed by atoms with Crippen LogP contribution in [0.5, 0.6) is 0 Å². The molecule has 1 unspecified atom stereocenters. The zero-order chi connectivity index (χ0) is 13.5. The van der Waals surface area contributed by atoms with E-state index in [1.165, 1.54) is 0 Å². The Kier molecular flexibility index (Phi) is 3.40. The number of halogens is 1. The minimum Gasteiger partial charge on any atom is -0.444 e. The maximum atomic E-state index is 12.0. The van der Waals surface area contributed by atoms with E-state index in [4.69, 9.17) is 4.74 Å². The van der Waals surface area contributed by atoms with Crippen LogP contribution in [0.25, 0.3) is 0 Å². The quantitative estimate of drug-likeness (QED) is 0.739. The number of rotatable bonds is 0. The van der Waals surface area contributed by atoms with Crippen LogP contribution in [0.15, 0.2) is 10.7 Å². The molecule has 0 radical (unpaired) electrons. The number of ether oxygens (including phenoxy) is 1. The van der Waals surface area contributed by atoms with Gasteiger partial charge >= 0.3 is 6.09 Å². The molecule has 1 aliphatic heterocycles. The van der Waals surface area contributed by atoms with E-state index in [-0.39, 0.29) is 12.1 Å².